The van der Waals surface area contributed by atoms with Crippen LogP contribution in [0.3, 0.4) is 0 Å². The number of quaternary nitrogens is 1. The largest absolute Gasteiger partial charge is 0.472 e. The monoisotopic (exact) mass is 770 g/mol. The Balaban J connectivity index is 4.46. The highest BCUT2D eigenvalue weighted by molar-refractivity contribution is 7.47. The van der Waals surface area contributed by atoms with Crippen molar-refractivity contribution < 1.29 is 32.9 Å². The van der Waals surface area contributed by atoms with Crippen LogP contribution in [0, 0.1) is 0 Å². The number of nitrogens with zero attached hydrogens (tertiary/aromatic N) is 1. The first-order chi connectivity index (χ1) is 25.5. The summed E-state index contributed by atoms with van der Waals surface area (Å²) in [6.45, 7) is 4.82. The fourth-order valence-corrected chi connectivity index (χ4v) is 6.80. The second-order valence-corrected chi connectivity index (χ2v) is 17.5. The smallest absolute Gasteiger partial charge is 0.391 e. The molecule has 8 nitrogen and oxygen atoms in total. The van der Waals surface area contributed by atoms with Gasteiger partial charge in [-0.2, -0.15) is 0 Å². The lowest BCUT2D eigenvalue weighted by molar-refractivity contribution is -0.870. The zero-order valence-electron chi connectivity index (χ0n) is 35.3. The average Bonchev–Trinajstić information content (AvgIpc) is 3.10. The van der Waals surface area contributed by atoms with Gasteiger partial charge in [0, 0.05) is 6.42 Å². The van der Waals surface area contributed by atoms with Crippen LogP contribution < -0.4 is 5.32 Å². The number of phosphoric acid groups is 1. The maximum absolute atomic E-state index is 12.9. The van der Waals surface area contributed by atoms with Gasteiger partial charge in [-0.25, -0.2) is 4.57 Å². The lowest BCUT2D eigenvalue weighted by Crippen LogP contribution is -2.46. The van der Waals surface area contributed by atoms with Crippen molar-refractivity contribution >= 4 is 13.7 Å². The highest BCUT2D eigenvalue weighted by Crippen LogP contribution is 2.43. The molecular weight excluding hydrogens is 683 g/mol. The van der Waals surface area contributed by atoms with Crippen LogP contribution in [0.2, 0.25) is 0 Å². The van der Waals surface area contributed by atoms with E-state index in [0.29, 0.717) is 23.9 Å². The number of hydrogen-bond acceptors (Lipinski definition) is 5. The van der Waals surface area contributed by atoms with Crippen LogP contribution in [0.5, 0.6) is 0 Å². The molecule has 0 rings (SSSR count). The molecule has 0 aromatic rings. The number of aliphatic hydroxyl groups is 1. The number of carbonyl (C=O) groups excluding carboxylic acids is 1. The van der Waals surface area contributed by atoms with Crippen LogP contribution in [-0.2, 0) is 18.4 Å². The van der Waals surface area contributed by atoms with Gasteiger partial charge in [0.05, 0.1) is 39.9 Å². The normalized spacial score (nSPS) is 14.8. The molecule has 0 radical (unpaired) electrons. The lowest BCUT2D eigenvalue weighted by atomic mass is 10.0. The third-order valence-electron chi connectivity index (χ3n) is 9.61. The van der Waals surface area contributed by atoms with Crippen LogP contribution in [0.4, 0.5) is 0 Å². The van der Waals surface area contributed by atoms with Crippen molar-refractivity contribution in [1.82, 2.24) is 5.32 Å². The second-order valence-electron chi connectivity index (χ2n) is 16.1. The number of allylic oxidation sites excluding steroid dienone is 6. The molecule has 9 heteroatoms. The van der Waals surface area contributed by atoms with Crippen molar-refractivity contribution in [3.63, 3.8) is 0 Å². The van der Waals surface area contributed by atoms with E-state index >= 15 is 0 Å². The minimum atomic E-state index is -4.32. The van der Waals surface area contributed by atoms with Crippen LogP contribution >= 0.6 is 7.82 Å². The summed E-state index contributed by atoms with van der Waals surface area (Å²) in [6, 6.07) is -0.783. The molecule has 0 aliphatic heterocycles. The zero-order valence-corrected chi connectivity index (χ0v) is 36.1. The summed E-state index contributed by atoms with van der Waals surface area (Å²) in [7, 11) is 1.58. The summed E-state index contributed by atoms with van der Waals surface area (Å²) in [5, 5.41) is 13.9. The van der Waals surface area contributed by atoms with Crippen molar-refractivity contribution in [1.29, 1.82) is 0 Å². The molecule has 0 aromatic carbocycles. The van der Waals surface area contributed by atoms with Crippen LogP contribution in [0.25, 0.3) is 0 Å². The predicted octanol–water partition coefficient (Wildman–Crippen LogP) is 11.9. The van der Waals surface area contributed by atoms with E-state index in [1.807, 2.05) is 21.1 Å². The van der Waals surface area contributed by atoms with Gasteiger partial charge in [0.1, 0.15) is 13.2 Å². The van der Waals surface area contributed by atoms with Gasteiger partial charge in [-0.3, -0.25) is 13.8 Å². The first kappa shape index (κ1) is 51.7. The summed E-state index contributed by atoms with van der Waals surface area (Å²) < 4.78 is 23.6. The molecule has 0 spiro atoms. The Morgan fingerprint density at radius 3 is 1.60 bits per heavy atom. The molecular formula is C44H86N2O6P+. The van der Waals surface area contributed by atoms with Crippen LogP contribution in [0.1, 0.15) is 187 Å². The first-order valence-electron chi connectivity index (χ1n) is 21.9. The molecule has 0 saturated carbocycles. The third kappa shape index (κ3) is 38.8. The van der Waals surface area contributed by atoms with E-state index < -0.39 is 20.0 Å². The molecule has 3 atom stereocenters. The van der Waals surface area contributed by atoms with Gasteiger partial charge in [0.25, 0.3) is 0 Å². The molecule has 0 aliphatic carbocycles. The van der Waals surface area contributed by atoms with Crippen molar-refractivity contribution in [2.45, 2.75) is 199 Å². The Hall–Kier alpha value is -1.28. The molecule has 1 amide bonds. The van der Waals surface area contributed by atoms with Crippen molar-refractivity contribution in [3.8, 4) is 0 Å². The summed E-state index contributed by atoms with van der Waals surface area (Å²) in [6.07, 6.45) is 43.1. The predicted molar refractivity (Wildman–Crippen MR) is 226 cm³/mol. The lowest BCUT2D eigenvalue weighted by Gasteiger charge is -2.26. The second kappa shape index (κ2) is 36.4. The van der Waals surface area contributed by atoms with E-state index in [1.54, 1.807) is 0 Å². The molecule has 0 bridgehead atoms. The van der Waals surface area contributed by atoms with Gasteiger partial charge < -0.3 is 19.8 Å². The highest BCUT2D eigenvalue weighted by atomic mass is 31.2. The Morgan fingerprint density at radius 2 is 1.08 bits per heavy atom. The van der Waals surface area contributed by atoms with E-state index in [0.717, 1.165) is 70.6 Å². The van der Waals surface area contributed by atoms with Crippen LogP contribution in [0.15, 0.2) is 36.5 Å². The Labute approximate surface area is 327 Å². The molecule has 0 heterocycles. The summed E-state index contributed by atoms with van der Waals surface area (Å²) in [4.78, 5) is 23.1. The number of aliphatic hydroxyl groups excluding tert-OH is 1. The van der Waals surface area contributed by atoms with E-state index in [1.165, 1.54) is 89.9 Å². The standard InChI is InChI=1S/C44H85N2O6P/c1-6-8-10-12-14-16-18-20-22-24-25-27-29-31-33-35-37-43(47)42(41-52-53(49,50)51-40-39-46(3,4)5)45-44(48)38-36-34-32-30-28-26-23-21-19-17-15-13-11-9-7-2/h15,17,21,23,27,29,42-43,47H,6-14,16,18-20,22,24-26,28,30-41H2,1-5H3,(H-,45,48,49,50)/p+1/b17-15+,23-21+,29-27+/t42-,43+/m0/s1. The quantitative estimate of drug-likeness (QED) is 0.0249. The minimum absolute atomic E-state index is 0.0659. The number of carbonyl (C=O) groups is 1. The van der Waals surface area contributed by atoms with E-state index in [-0.39, 0.29) is 19.1 Å². The van der Waals surface area contributed by atoms with Gasteiger partial charge in [0.15, 0.2) is 0 Å². The topological polar surface area (TPSA) is 105 Å². The molecule has 3 N–H and O–H groups in total. The highest BCUT2D eigenvalue weighted by Gasteiger charge is 2.28. The fraction of sp³-hybridized carbons (Fsp3) is 0.841. The number of likely N-dealkylation sites (N-methyl/N-ethyl adjacent to an activating group) is 1. The van der Waals surface area contributed by atoms with Crippen molar-refractivity contribution in [2.24, 2.45) is 0 Å². The van der Waals surface area contributed by atoms with Crippen LogP contribution in [-0.4, -0.2) is 73.4 Å². The van der Waals surface area contributed by atoms with Gasteiger partial charge in [-0.15, -0.1) is 0 Å². The zero-order chi connectivity index (χ0) is 39.3. The maximum atomic E-state index is 12.9. The molecule has 0 saturated heterocycles. The molecule has 53 heavy (non-hydrogen) atoms. The summed E-state index contributed by atoms with van der Waals surface area (Å²) in [5.41, 5.74) is 0. The number of nitrogens with one attached hydrogen (secondary N) is 1. The minimum Gasteiger partial charge on any atom is -0.391 e. The van der Waals surface area contributed by atoms with Gasteiger partial charge in [0.2, 0.25) is 5.91 Å². The maximum Gasteiger partial charge on any atom is 0.472 e. The first-order valence-corrected chi connectivity index (χ1v) is 23.3. The van der Waals surface area contributed by atoms with Gasteiger partial charge >= 0.3 is 7.82 Å². The summed E-state index contributed by atoms with van der Waals surface area (Å²) in [5.74, 6) is -0.169. The Bertz CT molecular complexity index is 964. The molecule has 312 valence electrons. The van der Waals surface area contributed by atoms with Gasteiger partial charge in [-0.05, 0) is 70.6 Å². The Kier molecular flexibility index (Phi) is 35.5. The third-order valence-corrected chi connectivity index (χ3v) is 10.6. The van der Waals surface area contributed by atoms with Crippen molar-refractivity contribution in [2.75, 3.05) is 40.9 Å². The average molecular weight is 770 g/mol. The van der Waals surface area contributed by atoms with Gasteiger partial charge in [-0.1, -0.05) is 147 Å². The number of rotatable bonds is 39. The van der Waals surface area contributed by atoms with E-state index in [9.17, 15) is 19.4 Å². The number of phosphoric ester groups is 1. The molecule has 0 aliphatic rings. The van der Waals surface area contributed by atoms with E-state index in [4.69, 9.17) is 9.05 Å². The molecule has 0 aromatic heterocycles. The number of hydrogen-bond donors (Lipinski definition) is 3. The van der Waals surface area contributed by atoms with E-state index in [2.05, 4.69) is 55.6 Å². The fourth-order valence-electron chi connectivity index (χ4n) is 6.07. The number of amides is 1. The Morgan fingerprint density at radius 1 is 0.642 bits per heavy atom. The van der Waals surface area contributed by atoms with Crippen molar-refractivity contribution in [3.05, 3.63) is 36.5 Å². The summed E-state index contributed by atoms with van der Waals surface area (Å²) >= 11 is 0. The SMILES string of the molecule is CCCCC/C=C/C/C=C/CCCCCCCC(=O)N[C@@H](COP(=O)(O)OCC[N+](C)(C)C)[C@H](O)CCCC/C=C/CCCCCCCCCCCC. The molecule has 1 unspecified atom stereocenters. The molecule has 0 fully saturated rings. The number of unbranched alkanes of at least 4 members (excludes halogenated alkanes) is 20.